The number of rotatable bonds is 3. The lowest BCUT2D eigenvalue weighted by Gasteiger charge is -2.47. The minimum atomic E-state index is -4.64. The van der Waals surface area contributed by atoms with E-state index in [4.69, 9.17) is 14.2 Å². The molecule has 2 fully saturated rings. The van der Waals surface area contributed by atoms with Crippen molar-refractivity contribution >= 4 is 23.4 Å². The van der Waals surface area contributed by atoms with E-state index in [2.05, 4.69) is 9.97 Å². The normalized spacial score (nSPS) is 18.8. The summed E-state index contributed by atoms with van der Waals surface area (Å²) in [4.78, 5) is 23.9. The minimum absolute atomic E-state index is 0.0453. The fourth-order valence-corrected chi connectivity index (χ4v) is 4.50. The molecule has 2 aliphatic heterocycles. The van der Waals surface area contributed by atoms with Crippen molar-refractivity contribution < 1.29 is 32.2 Å². The molecule has 4 heterocycles. The Labute approximate surface area is 199 Å². The van der Waals surface area contributed by atoms with Gasteiger partial charge in [-0.3, -0.25) is 0 Å². The summed E-state index contributed by atoms with van der Waals surface area (Å²) in [7, 11) is 0. The Bertz CT molecular complexity index is 1000. The van der Waals surface area contributed by atoms with Gasteiger partial charge in [0.2, 0.25) is 11.8 Å². The highest BCUT2D eigenvalue weighted by Gasteiger charge is 2.43. The summed E-state index contributed by atoms with van der Waals surface area (Å²) in [6.07, 6.45) is -4.02. The van der Waals surface area contributed by atoms with Gasteiger partial charge in [-0.2, -0.15) is 18.2 Å². The minimum Gasteiger partial charge on any atom is -0.444 e. The fraction of sp³-hybridized carbons (Fsp3) is 0.591. The Kier molecular flexibility index (Phi) is 6.65. The van der Waals surface area contributed by atoms with Crippen molar-refractivity contribution in [2.24, 2.45) is 0 Å². The van der Waals surface area contributed by atoms with Gasteiger partial charge in [-0.25, -0.2) is 9.78 Å². The predicted molar refractivity (Wildman–Crippen MR) is 119 cm³/mol. The highest BCUT2D eigenvalue weighted by molar-refractivity contribution is 7.11. The van der Waals surface area contributed by atoms with Crippen molar-refractivity contribution in [3.63, 3.8) is 0 Å². The van der Waals surface area contributed by atoms with Crippen molar-refractivity contribution in [3.05, 3.63) is 29.3 Å². The van der Waals surface area contributed by atoms with E-state index in [1.54, 1.807) is 27.3 Å². The molecule has 0 aromatic carbocycles. The van der Waals surface area contributed by atoms with Gasteiger partial charge in [-0.1, -0.05) is 0 Å². The maximum absolute atomic E-state index is 13.5. The van der Waals surface area contributed by atoms with Crippen molar-refractivity contribution in [3.8, 4) is 10.9 Å². The van der Waals surface area contributed by atoms with Crippen LogP contribution in [0.25, 0.3) is 0 Å². The van der Waals surface area contributed by atoms with E-state index in [0.717, 1.165) is 6.07 Å². The summed E-state index contributed by atoms with van der Waals surface area (Å²) in [5.74, 6) is -0.207. The van der Waals surface area contributed by atoms with Crippen LogP contribution in [0.1, 0.15) is 39.3 Å². The number of piperidine rings is 1. The van der Waals surface area contributed by atoms with E-state index >= 15 is 0 Å². The maximum atomic E-state index is 13.5. The van der Waals surface area contributed by atoms with E-state index in [-0.39, 0.29) is 11.8 Å². The van der Waals surface area contributed by atoms with E-state index < -0.39 is 29.2 Å². The van der Waals surface area contributed by atoms with Crippen LogP contribution in [0.3, 0.4) is 0 Å². The Morgan fingerprint density at radius 3 is 2.53 bits per heavy atom. The summed E-state index contributed by atoms with van der Waals surface area (Å²) < 4.78 is 57.5. The molecular weight excluding hydrogens is 473 g/mol. The number of anilines is 1. The Morgan fingerprint density at radius 1 is 1.18 bits per heavy atom. The van der Waals surface area contributed by atoms with Gasteiger partial charge in [-0.15, -0.1) is 11.3 Å². The predicted octanol–water partition coefficient (Wildman–Crippen LogP) is 4.96. The number of carbonyl (C=O) groups is 1. The van der Waals surface area contributed by atoms with Gasteiger partial charge in [0.05, 0.1) is 18.8 Å². The largest absolute Gasteiger partial charge is 0.444 e. The number of aromatic nitrogens is 2. The van der Waals surface area contributed by atoms with Crippen LogP contribution in [0, 0.1) is 0 Å². The molecule has 0 radical (unpaired) electrons. The van der Waals surface area contributed by atoms with E-state index in [9.17, 15) is 18.0 Å². The summed E-state index contributed by atoms with van der Waals surface area (Å²) in [6.45, 7) is 7.36. The molecule has 1 spiro atoms. The molecule has 2 aliphatic rings. The monoisotopic (exact) mass is 500 g/mol. The Balaban J connectivity index is 1.47. The van der Waals surface area contributed by atoms with Gasteiger partial charge >= 0.3 is 12.3 Å². The van der Waals surface area contributed by atoms with Gasteiger partial charge < -0.3 is 24.0 Å². The topological polar surface area (TPSA) is 77.0 Å². The molecule has 0 aliphatic carbocycles. The van der Waals surface area contributed by atoms with Crippen LogP contribution in [0.2, 0.25) is 0 Å². The first-order valence-corrected chi connectivity index (χ1v) is 11.8. The first-order valence-electron chi connectivity index (χ1n) is 11.0. The lowest BCUT2D eigenvalue weighted by molar-refractivity contribution is -0.141. The molecule has 4 rings (SSSR count). The summed E-state index contributed by atoms with van der Waals surface area (Å²) in [5, 5.41) is 2.20. The molecule has 34 heavy (non-hydrogen) atoms. The average Bonchev–Trinajstić information content (AvgIpc) is 3.25. The van der Waals surface area contributed by atoms with Crippen LogP contribution in [0.5, 0.6) is 10.9 Å². The Morgan fingerprint density at radius 2 is 1.91 bits per heavy atom. The van der Waals surface area contributed by atoms with Crippen LogP contribution in [-0.4, -0.2) is 64.9 Å². The molecule has 1 amide bonds. The number of ether oxygens (including phenoxy) is 3. The van der Waals surface area contributed by atoms with Crippen molar-refractivity contribution in [1.29, 1.82) is 0 Å². The number of alkyl halides is 3. The number of nitrogens with zero attached hydrogens (tertiary/aromatic N) is 4. The zero-order valence-corrected chi connectivity index (χ0v) is 20.0. The zero-order valence-electron chi connectivity index (χ0n) is 19.2. The molecule has 8 nitrogen and oxygen atoms in total. The third-order valence-corrected chi connectivity index (χ3v) is 6.28. The molecule has 12 heteroatoms. The summed E-state index contributed by atoms with van der Waals surface area (Å²) in [5.41, 5.74) is -2.24. The number of amides is 1. The zero-order chi connectivity index (χ0) is 24.6. The molecule has 0 atom stereocenters. The second-order valence-corrected chi connectivity index (χ2v) is 10.3. The lowest BCUT2D eigenvalue weighted by atomic mass is 9.89. The number of hydrogen-bond acceptors (Lipinski definition) is 8. The van der Waals surface area contributed by atoms with E-state index in [0.29, 0.717) is 50.7 Å². The van der Waals surface area contributed by atoms with Crippen molar-refractivity contribution in [2.75, 3.05) is 37.7 Å². The van der Waals surface area contributed by atoms with Gasteiger partial charge in [-0.05, 0) is 51.1 Å². The molecule has 2 aromatic heterocycles. The van der Waals surface area contributed by atoms with Crippen molar-refractivity contribution in [2.45, 2.75) is 51.0 Å². The van der Waals surface area contributed by atoms with Gasteiger partial charge in [0.1, 0.15) is 5.60 Å². The number of halogens is 3. The number of carbonyl (C=O) groups excluding carboxylic acids is 1. The Hall–Kier alpha value is -2.60. The third-order valence-electron chi connectivity index (χ3n) is 5.54. The van der Waals surface area contributed by atoms with Crippen molar-refractivity contribution in [1.82, 2.24) is 14.9 Å². The third kappa shape index (κ3) is 5.90. The first-order chi connectivity index (χ1) is 15.9. The average molecular weight is 501 g/mol. The van der Waals surface area contributed by atoms with Crippen LogP contribution >= 0.6 is 11.3 Å². The van der Waals surface area contributed by atoms with Crippen LogP contribution in [0.15, 0.2) is 23.6 Å². The van der Waals surface area contributed by atoms with Crippen LogP contribution in [-0.2, 0) is 15.7 Å². The molecule has 0 N–H and O–H groups in total. The second kappa shape index (κ2) is 9.21. The highest BCUT2D eigenvalue weighted by Crippen LogP contribution is 2.36. The van der Waals surface area contributed by atoms with Crippen LogP contribution in [0.4, 0.5) is 23.9 Å². The molecular formula is C22H27F3N4O4S. The molecule has 186 valence electrons. The maximum Gasteiger partial charge on any atom is 0.433 e. The molecule has 0 unspecified atom stereocenters. The lowest BCUT2D eigenvalue weighted by Crippen LogP contribution is -2.58. The summed E-state index contributed by atoms with van der Waals surface area (Å²) in [6, 6.07) is 4.19. The van der Waals surface area contributed by atoms with E-state index in [1.165, 1.54) is 11.3 Å². The smallest absolute Gasteiger partial charge is 0.433 e. The highest BCUT2D eigenvalue weighted by atomic mass is 32.1. The standard InChI is InChI=1S/C22H27F3N4O4S/c1-20(2,3)33-19(30)29-10-11-31-21(14-29)6-8-28(9-7-21)18-26-15(22(23,24)25)13-16(27-18)32-17-5-4-12-34-17/h4-5,12-13H,6-11,14H2,1-3H3. The second-order valence-electron chi connectivity index (χ2n) is 9.34. The van der Waals surface area contributed by atoms with Gasteiger partial charge in [0, 0.05) is 25.7 Å². The fourth-order valence-electron chi connectivity index (χ4n) is 3.92. The number of morpholine rings is 1. The molecule has 2 aromatic rings. The molecule has 0 saturated carbocycles. The molecule has 2 saturated heterocycles. The van der Waals surface area contributed by atoms with Crippen LogP contribution < -0.4 is 9.64 Å². The number of hydrogen-bond donors (Lipinski definition) is 0. The molecule has 0 bridgehead atoms. The van der Waals surface area contributed by atoms with E-state index in [1.807, 2.05) is 20.8 Å². The quantitative estimate of drug-likeness (QED) is 0.590. The SMILES string of the molecule is CC(C)(C)OC(=O)N1CCOC2(CCN(c3nc(Oc4cccs4)cc(C(F)(F)F)n3)CC2)C1. The van der Waals surface area contributed by atoms with Gasteiger partial charge in [0.15, 0.2) is 10.8 Å². The first kappa shape index (κ1) is 24.5. The summed E-state index contributed by atoms with van der Waals surface area (Å²) >= 11 is 1.26. The number of thiophene rings is 1. The van der Waals surface area contributed by atoms with Gasteiger partial charge in [0.25, 0.3) is 0 Å².